The molecule has 0 aliphatic rings. The van der Waals surface area contributed by atoms with Crippen LogP contribution in [0.3, 0.4) is 0 Å². The molecule has 0 unspecified atom stereocenters. The maximum absolute atomic E-state index is 11.6. The van der Waals surface area contributed by atoms with Crippen LogP contribution in [-0.2, 0) is 0 Å². The summed E-state index contributed by atoms with van der Waals surface area (Å²) in [5, 5.41) is 10.7. The maximum Gasteiger partial charge on any atom is 0.406 e. The van der Waals surface area contributed by atoms with Gasteiger partial charge in [-0.25, -0.2) is 0 Å². The van der Waals surface area contributed by atoms with E-state index in [0.29, 0.717) is 0 Å². The Kier molecular flexibility index (Phi) is 3.33. The van der Waals surface area contributed by atoms with Gasteiger partial charge in [-0.2, -0.15) is 0 Å². The Morgan fingerprint density at radius 3 is 2.94 bits per heavy atom. The Morgan fingerprint density at radius 2 is 2.28 bits per heavy atom. The van der Waals surface area contributed by atoms with Gasteiger partial charge in [-0.1, -0.05) is 0 Å². The predicted molar refractivity (Wildman–Crippen MR) is 59.4 cm³/mol. The molecule has 2 aromatic heterocycles. The second kappa shape index (κ2) is 5.09. The van der Waals surface area contributed by atoms with Gasteiger partial charge in [-0.15, -0.1) is 0 Å². The lowest BCUT2D eigenvalue weighted by Gasteiger charge is -2.03. The molecule has 0 saturated heterocycles. The smallest absolute Gasteiger partial charge is 0.406 e. The van der Waals surface area contributed by atoms with Crippen molar-refractivity contribution in [2.45, 2.75) is 0 Å². The fourth-order valence-electron chi connectivity index (χ4n) is 1.28. The number of pyridine rings is 1. The average molecular weight is 248 g/mol. The number of carbonyl (C=O) groups is 1. The molecule has 0 aliphatic heterocycles. The van der Waals surface area contributed by atoms with E-state index in [1.165, 1.54) is 30.7 Å². The lowest BCUT2D eigenvalue weighted by Crippen LogP contribution is -2.11. The number of nitro groups is 1. The Labute approximate surface area is 101 Å². The van der Waals surface area contributed by atoms with Crippen molar-refractivity contribution in [2.75, 3.05) is 6.61 Å². The van der Waals surface area contributed by atoms with Gasteiger partial charge in [-0.05, 0) is 34.2 Å². The highest BCUT2D eigenvalue weighted by Crippen LogP contribution is 2.22. The topological polar surface area (TPSA) is 95.5 Å². The normalized spacial score (nSPS) is 10.0. The predicted octanol–water partition coefficient (Wildman–Crippen LogP) is 1.84. The third-order valence-electron chi connectivity index (χ3n) is 2.08. The van der Waals surface area contributed by atoms with E-state index in [9.17, 15) is 14.9 Å². The Bertz CT molecular complexity index is 565. The molecule has 0 atom stereocenters. The summed E-state index contributed by atoms with van der Waals surface area (Å²) in [6, 6.07) is 5.92. The second-order valence-electron chi connectivity index (χ2n) is 3.27. The van der Waals surface area contributed by atoms with Gasteiger partial charge in [-0.3, -0.25) is 4.79 Å². The number of rotatable bonds is 5. The van der Waals surface area contributed by atoms with Crippen molar-refractivity contribution in [2.24, 2.45) is 0 Å². The van der Waals surface area contributed by atoms with Crippen molar-refractivity contribution in [1.29, 1.82) is 0 Å². The first kappa shape index (κ1) is 11.8. The summed E-state index contributed by atoms with van der Waals surface area (Å²) in [4.78, 5) is 25.1. The van der Waals surface area contributed by atoms with E-state index in [-0.39, 0.29) is 18.1 Å². The van der Waals surface area contributed by atoms with Crippen LogP contribution in [0.5, 0.6) is 5.75 Å². The van der Waals surface area contributed by atoms with Gasteiger partial charge in [0.1, 0.15) is 6.20 Å². The highest BCUT2D eigenvalue weighted by Gasteiger charge is 2.17. The molecule has 0 fully saturated rings. The van der Waals surface area contributed by atoms with Crippen molar-refractivity contribution in [3.63, 3.8) is 0 Å². The molecule has 0 spiro atoms. The van der Waals surface area contributed by atoms with E-state index in [4.69, 9.17) is 9.15 Å². The van der Waals surface area contributed by atoms with Gasteiger partial charge in [0.2, 0.25) is 11.5 Å². The Morgan fingerprint density at radius 1 is 1.44 bits per heavy atom. The quantitative estimate of drug-likeness (QED) is 0.455. The molecule has 0 aliphatic carbocycles. The van der Waals surface area contributed by atoms with Gasteiger partial charge in [0.05, 0.1) is 6.26 Å². The molecule has 0 radical (unpaired) electrons. The largest absolute Gasteiger partial charge is 0.477 e. The lowest BCUT2D eigenvalue weighted by molar-refractivity contribution is -0.390. The van der Waals surface area contributed by atoms with E-state index in [0.717, 1.165) is 0 Å². The minimum Gasteiger partial charge on any atom is -0.477 e. The van der Waals surface area contributed by atoms with Crippen molar-refractivity contribution in [1.82, 2.24) is 4.98 Å². The number of hydrogen-bond donors (Lipinski definition) is 0. The average Bonchev–Trinajstić information content (AvgIpc) is 2.90. The maximum atomic E-state index is 11.6. The molecule has 18 heavy (non-hydrogen) atoms. The third kappa shape index (κ3) is 2.51. The van der Waals surface area contributed by atoms with E-state index >= 15 is 0 Å². The van der Waals surface area contributed by atoms with E-state index in [2.05, 4.69) is 4.98 Å². The SMILES string of the molecule is O=C(COc1cccnc1[N+](=O)[O-])c1ccco1. The van der Waals surface area contributed by atoms with Crippen LogP contribution in [0.25, 0.3) is 0 Å². The zero-order chi connectivity index (χ0) is 13.0. The summed E-state index contributed by atoms with van der Waals surface area (Å²) < 4.78 is 9.95. The molecule has 0 aromatic carbocycles. The van der Waals surface area contributed by atoms with Crippen LogP contribution < -0.4 is 4.74 Å². The molecule has 0 bridgehead atoms. The van der Waals surface area contributed by atoms with Gasteiger partial charge in [0.15, 0.2) is 12.4 Å². The molecule has 7 nitrogen and oxygen atoms in total. The van der Waals surface area contributed by atoms with Crippen molar-refractivity contribution < 1.29 is 18.9 Å². The molecule has 0 N–H and O–H groups in total. The van der Waals surface area contributed by atoms with Crippen molar-refractivity contribution >= 4 is 11.6 Å². The van der Waals surface area contributed by atoms with E-state index in [1.54, 1.807) is 6.07 Å². The van der Waals surface area contributed by atoms with Crippen LogP contribution >= 0.6 is 0 Å². The highest BCUT2D eigenvalue weighted by atomic mass is 16.6. The van der Waals surface area contributed by atoms with Crippen LogP contribution in [0, 0.1) is 10.1 Å². The summed E-state index contributed by atoms with van der Waals surface area (Å²) in [6.45, 7) is -0.347. The standard InChI is InChI=1S/C11H8N2O5/c14-8(9-4-2-6-17-9)7-18-10-3-1-5-12-11(10)13(15)16/h1-6H,7H2. The van der Waals surface area contributed by atoms with Crippen molar-refractivity contribution in [3.8, 4) is 5.75 Å². The second-order valence-corrected chi connectivity index (χ2v) is 3.27. The van der Waals surface area contributed by atoms with Crippen LogP contribution in [0.1, 0.15) is 10.6 Å². The summed E-state index contributed by atoms with van der Waals surface area (Å²) in [5.41, 5.74) is 0. The molecule has 92 valence electrons. The molecular weight excluding hydrogens is 240 g/mol. The van der Waals surface area contributed by atoms with Crippen LogP contribution in [-0.4, -0.2) is 22.3 Å². The molecule has 7 heteroatoms. The summed E-state index contributed by atoms with van der Waals surface area (Å²) in [5.74, 6) is -0.744. The highest BCUT2D eigenvalue weighted by molar-refractivity contribution is 5.94. The molecule has 2 rings (SSSR count). The van der Waals surface area contributed by atoms with Crippen LogP contribution in [0.4, 0.5) is 5.82 Å². The van der Waals surface area contributed by atoms with Crippen LogP contribution in [0.15, 0.2) is 41.1 Å². The Hall–Kier alpha value is -2.70. The fraction of sp³-hybridized carbons (Fsp3) is 0.0909. The van der Waals surface area contributed by atoms with Gasteiger partial charge in [0, 0.05) is 0 Å². The number of ether oxygens (including phenoxy) is 1. The monoisotopic (exact) mass is 248 g/mol. The number of hydrogen-bond acceptors (Lipinski definition) is 6. The number of nitrogens with zero attached hydrogens (tertiary/aromatic N) is 2. The molecule has 2 aromatic rings. The zero-order valence-electron chi connectivity index (χ0n) is 9.11. The molecular formula is C11H8N2O5. The Balaban J connectivity index is 2.07. The first-order valence-electron chi connectivity index (χ1n) is 4.97. The van der Waals surface area contributed by atoms with Gasteiger partial charge >= 0.3 is 5.82 Å². The number of ketones is 1. The minimum absolute atomic E-state index is 0.0533. The first-order valence-corrected chi connectivity index (χ1v) is 4.97. The summed E-state index contributed by atoms with van der Waals surface area (Å²) in [6.07, 6.45) is 2.64. The number of furan rings is 1. The van der Waals surface area contributed by atoms with E-state index in [1.807, 2.05) is 0 Å². The van der Waals surface area contributed by atoms with Gasteiger partial charge < -0.3 is 19.3 Å². The number of carbonyl (C=O) groups excluding carboxylic acids is 1. The minimum atomic E-state index is -0.674. The lowest BCUT2D eigenvalue weighted by atomic mass is 10.3. The first-order chi connectivity index (χ1) is 8.68. The molecule has 2 heterocycles. The zero-order valence-corrected chi connectivity index (χ0v) is 9.11. The number of aromatic nitrogens is 1. The number of Topliss-reactive ketones (excluding diaryl/α,β-unsaturated/α-hetero) is 1. The fourth-order valence-corrected chi connectivity index (χ4v) is 1.28. The molecule has 0 saturated carbocycles. The van der Waals surface area contributed by atoms with Crippen molar-refractivity contribution in [3.05, 3.63) is 52.6 Å². The van der Waals surface area contributed by atoms with Crippen LogP contribution in [0.2, 0.25) is 0 Å². The summed E-state index contributed by atoms with van der Waals surface area (Å²) in [7, 11) is 0. The van der Waals surface area contributed by atoms with Gasteiger partial charge in [0.25, 0.3) is 0 Å². The summed E-state index contributed by atoms with van der Waals surface area (Å²) >= 11 is 0. The van der Waals surface area contributed by atoms with E-state index < -0.39 is 16.5 Å². The third-order valence-corrected chi connectivity index (χ3v) is 2.08. The molecule has 0 amide bonds.